The van der Waals surface area contributed by atoms with Crippen LogP contribution >= 0.6 is 15.9 Å². The van der Waals surface area contributed by atoms with Crippen molar-refractivity contribution in [1.82, 2.24) is 15.0 Å². The van der Waals surface area contributed by atoms with E-state index in [0.29, 0.717) is 35.7 Å². The molecule has 1 saturated heterocycles. The van der Waals surface area contributed by atoms with Crippen molar-refractivity contribution in [3.05, 3.63) is 136 Å². The number of ether oxygens (including phenoxy) is 2. The van der Waals surface area contributed by atoms with Crippen LogP contribution < -0.4 is 15.0 Å². The van der Waals surface area contributed by atoms with Gasteiger partial charge in [-0.1, -0.05) is 70.5 Å². The number of rotatable bonds is 12. The Morgan fingerprint density at radius 2 is 1.80 bits per heavy atom. The van der Waals surface area contributed by atoms with Crippen molar-refractivity contribution in [3.8, 4) is 5.75 Å². The number of methoxy groups -OCH3 is 1. The Bertz CT molecular complexity index is 2130. The van der Waals surface area contributed by atoms with Crippen LogP contribution in [0.1, 0.15) is 52.0 Å². The second-order valence-electron chi connectivity index (χ2n) is 14.5. The molecule has 4 aromatic carbocycles. The summed E-state index contributed by atoms with van der Waals surface area (Å²) in [5.74, 6) is -0.564. The maximum atomic E-state index is 16.4. The van der Waals surface area contributed by atoms with Crippen LogP contribution in [0.2, 0.25) is 18.6 Å². The van der Waals surface area contributed by atoms with Gasteiger partial charge in [0.2, 0.25) is 8.41 Å². The lowest BCUT2D eigenvalue weighted by atomic mass is 9.82. The van der Waals surface area contributed by atoms with Crippen LogP contribution in [0, 0.1) is 5.92 Å². The van der Waals surface area contributed by atoms with Crippen LogP contribution in [0.4, 0.5) is 15.5 Å². The van der Waals surface area contributed by atoms with E-state index in [1.807, 2.05) is 85.9 Å². The number of aliphatic hydroxyl groups excluding tert-OH is 1. The minimum absolute atomic E-state index is 0.114. The van der Waals surface area contributed by atoms with Gasteiger partial charge < -0.3 is 28.9 Å². The van der Waals surface area contributed by atoms with Gasteiger partial charge in [0.15, 0.2) is 5.60 Å². The lowest BCUT2D eigenvalue weighted by molar-refractivity contribution is -0.146. The molecular weight excluding hydrogens is 769 g/mol. The summed E-state index contributed by atoms with van der Waals surface area (Å²) in [6, 6.07) is 29.7. The first-order valence-corrected chi connectivity index (χ1v) is 21.8. The number of aryl methyl sites for hydroxylation is 1. The highest BCUT2D eigenvalue weighted by Crippen LogP contribution is 2.60. The minimum atomic E-state index is -3.38. The molecule has 2 amide bonds. The standard InChI is InChI=1S/C41H43BrFN5O5Si/c1-26-38(54(3,4)43)37(20-21-47-24-35(45-46-47)33(25-49)28-8-6-5-7-9-28)53-41(26)34-22-30(42)14-19-36(34)48(40(41)51)23-27-10-15-31(16-11-27)44-39(50)29-12-17-32(52-2)18-13-29/h5-19,22,24,26,33,37-38,49H,20-21,23,25H2,1-4H3,(H,44,50)/t26-,33?,37+,38-,41+/m0/s1. The second kappa shape index (κ2) is 15.2. The summed E-state index contributed by atoms with van der Waals surface area (Å²) >= 11 is 3.61. The van der Waals surface area contributed by atoms with E-state index in [2.05, 4.69) is 31.6 Å². The summed E-state index contributed by atoms with van der Waals surface area (Å²) in [7, 11) is -1.81. The lowest BCUT2D eigenvalue weighted by Gasteiger charge is -2.31. The van der Waals surface area contributed by atoms with Crippen molar-refractivity contribution in [2.75, 3.05) is 23.9 Å². The number of benzene rings is 4. The third-order valence-electron chi connectivity index (χ3n) is 10.8. The zero-order valence-corrected chi connectivity index (χ0v) is 33.2. The van der Waals surface area contributed by atoms with Crippen molar-refractivity contribution < 1.29 is 28.3 Å². The number of nitrogens with zero attached hydrogens (tertiary/aromatic N) is 4. The van der Waals surface area contributed by atoms with E-state index < -0.39 is 31.6 Å². The zero-order chi connectivity index (χ0) is 38.2. The molecule has 1 fully saturated rings. The number of carbonyl (C=O) groups excluding carboxylic acids is 2. The van der Waals surface area contributed by atoms with Crippen LogP contribution in [0.3, 0.4) is 0 Å². The summed E-state index contributed by atoms with van der Waals surface area (Å²) in [6.07, 6.45) is 1.70. The molecule has 0 bridgehead atoms. The molecule has 2 aliphatic rings. The highest BCUT2D eigenvalue weighted by molar-refractivity contribution is 9.10. The smallest absolute Gasteiger partial charge is 0.264 e. The number of hydrogen-bond acceptors (Lipinski definition) is 7. The van der Waals surface area contributed by atoms with Crippen LogP contribution in [0.25, 0.3) is 0 Å². The highest BCUT2D eigenvalue weighted by Gasteiger charge is 2.66. The van der Waals surface area contributed by atoms with Crippen molar-refractivity contribution >= 4 is 47.5 Å². The molecule has 2 N–H and O–H groups in total. The van der Waals surface area contributed by atoms with Crippen molar-refractivity contribution in [2.45, 2.75) is 62.7 Å². The number of fused-ring (bicyclic) bond motifs is 2. The largest absolute Gasteiger partial charge is 0.497 e. The van der Waals surface area contributed by atoms with E-state index in [1.54, 1.807) is 54.1 Å². The number of nitrogens with one attached hydrogen (secondary N) is 1. The molecule has 7 rings (SSSR count). The van der Waals surface area contributed by atoms with E-state index >= 15 is 4.11 Å². The first-order valence-electron chi connectivity index (χ1n) is 18.0. The van der Waals surface area contributed by atoms with Gasteiger partial charge in [-0.3, -0.25) is 14.3 Å². The van der Waals surface area contributed by atoms with E-state index in [1.165, 1.54) is 0 Å². The fraction of sp³-hybridized carbons (Fsp3) is 0.317. The average molecular weight is 813 g/mol. The molecule has 54 heavy (non-hydrogen) atoms. The monoisotopic (exact) mass is 811 g/mol. The molecule has 10 nitrogen and oxygen atoms in total. The Morgan fingerprint density at radius 1 is 1.07 bits per heavy atom. The summed E-state index contributed by atoms with van der Waals surface area (Å²) in [6.45, 7) is 5.88. The zero-order valence-electron chi connectivity index (χ0n) is 30.6. The number of carbonyl (C=O) groups is 2. The van der Waals surface area contributed by atoms with Gasteiger partial charge in [0.1, 0.15) is 5.75 Å². The number of anilines is 2. The lowest BCUT2D eigenvalue weighted by Crippen LogP contribution is -2.45. The number of aliphatic hydroxyl groups is 1. The molecule has 280 valence electrons. The quantitative estimate of drug-likeness (QED) is 0.0974. The van der Waals surface area contributed by atoms with Gasteiger partial charge in [0, 0.05) is 45.5 Å². The van der Waals surface area contributed by atoms with Gasteiger partial charge >= 0.3 is 0 Å². The fourth-order valence-corrected chi connectivity index (χ4v) is 11.1. The summed E-state index contributed by atoms with van der Waals surface area (Å²) in [5, 5.41) is 21.8. The molecule has 0 aliphatic carbocycles. The first-order chi connectivity index (χ1) is 25.9. The molecular formula is C41H43BrFN5O5Si. The van der Waals surface area contributed by atoms with Gasteiger partial charge in [0.25, 0.3) is 11.8 Å². The molecule has 0 saturated carbocycles. The van der Waals surface area contributed by atoms with Crippen molar-refractivity contribution in [1.29, 1.82) is 0 Å². The van der Waals surface area contributed by atoms with Gasteiger partial charge in [0.05, 0.1) is 43.7 Å². The average Bonchev–Trinajstić information content (AvgIpc) is 3.82. The van der Waals surface area contributed by atoms with Crippen LogP contribution in [0.5, 0.6) is 5.75 Å². The maximum absolute atomic E-state index is 16.4. The van der Waals surface area contributed by atoms with Gasteiger partial charge in [-0.25, -0.2) is 0 Å². The molecule has 0 radical (unpaired) electrons. The first kappa shape index (κ1) is 37.6. The Kier molecular flexibility index (Phi) is 10.6. The van der Waals surface area contributed by atoms with Crippen molar-refractivity contribution in [3.63, 3.8) is 0 Å². The molecule has 1 aromatic heterocycles. The molecule has 3 heterocycles. The van der Waals surface area contributed by atoms with Crippen molar-refractivity contribution in [2.24, 2.45) is 5.92 Å². The van der Waals surface area contributed by atoms with E-state index in [-0.39, 0.29) is 30.9 Å². The minimum Gasteiger partial charge on any atom is -0.497 e. The molecule has 5 aromatic rings. The third kappa shape index (κ3) is 7.13. The van der Waals surface area contributed by atoms with Crippen LogP contribution in [0.15, 0.2) is 108 Å². The molecule has 2 aliphatic heterocycles. The normalized spacial score (nSPS) is 21.4. The third-order valence-corrected chi connectivity index (χ3v) is 13.7. The highest BCUT2D eigenvalue weighted by atomic mass is 79.9. The van der Waals surface area contributed by atoms with E-state index in [9.17, 15) is 14.7 Å². The Morgan fingerprint density at radius 3 is 2.46 bits per heavy atom. The van der Waals surface area contributed by atoms with Gasteiger partial charge in [-0.15, -0.1) is 5.10 Å². The van der Waals surface area contributed by atoms with E-state index in [4.69, 9.17) is 9.47 Å². The number of aromatic nitrogens is 3. The molecule has 1 spiro atoms. The van der Waals surface area contributed by atoms with E-state index in [0.717, 1.165) is 26.9 Å². The summed E-state index contributed by atoms with van der Waals surface area (Å²) in [5.41, 5.74) is 3.16. The van der Waals surface area contributed by atoms with Gasteiger partial charge in [-0.2, -0.15) is 0 Å². The number of hydrogen-bond donors (Lipinski definition) is 2. The molecule has 1 unspecified atom stereocenters. The van der Waals surface area contributed by atoms with Crippen LogP contribution in [-0.2, 0) is 28.2 Å². The predicted octanol–water partition coefficient (Wildman–Crippen LogP) is 7.84. The maximum Gasteiger partial charge on any atom is 0.264 e. The second-order valence-corrected chi connectivity index (χ2v) is 19.3. The topological polar surface area (TPSA) is 119 Å². The molecule has 13 heteroatoms. The SMILES string of the molecule is COc1ccc(C(=O)Nc2ccc(CN3C(=O)[C@]4(O[C@H](CCn5cc(C(CO)c6ccccc6)nn5)[C@@H]([Si](C)(C)F)[C@@H]4C)c4cc(Br)ccc43)cc2)cc1. The van der Waals surface area contributed by atoms with Crippen LogP contribution in [-0.4, -0.2) is 60.1 Å². The Balaban J connectivity index is 1.11. The Hall–Kier alpha value is -4.69. The number of halogens is 2. The number of amides is 2. The predicted molar refractivity (Wildman–Crippen MR) is 211 cm³/mol. The Labute approximate surface area is 323 Å². The van der Waals surface area contributed by atoms with Gasteiger partial charge in [-0.05, 0) is 85.2 Å². The summed E-state index contributed by atoms with van der Waals surface area (Å²) < 4.78 is 31.1. The fourth-order valence-electron chi connectivity index (χ4n) is 8.16. The molecule has 5 atom stereocenters. The summed E-state index contributed by atoms with van der Waals surface area (Å²) in [4.78, 5) is 29.4.